The van der Waals surface area contributed by atoms with Gasteiger partial charge in [-0.3, -0.25) is 0 Å². The van der Waals surface area contributed by atoms with Gasteiger partial charge in [-0.2, -0.15) is 0 Å². The first-order chi connectivity index (χ1) is 8.74. The van der Waals surface area contributed by atoms with Crippen molar-refractivity contribution < 1.29 is 0 Å². The number of nitrogens with two attached hydrogens (primary N) is 1. The number of hydrogen-bond acceptors (Lipinski definition) is 1. The Balaban J connectivity index is 2.16. The second kappa shape index (κ2) is 4.35. The molecular formula is C16H12ClN. The zero-order chi connectivity index (χ0) is 12.5. The van der Waals surface area contributed by atoms with Gasteiger partial charge in [-0.15, -0.1) is 0 Å². The van der Waals surface area contributed by atoms with Crippen LogP contribution in [0.1, 0.15) is 0 Å². The SMILES string of the molecule is Nc1cc(-c2ccc3ccccc3c2)ccc1Cl. The van der Waals surface area contributed by atoms with Crippen molar-refractivity contribution in [3.63, 3.8) is 0 Å². The van der Waals surface area contributed by atoms with Crippen LogP contribution in [0.5, 0.6) is 0 Å². The minimum absolute atomic E-state index is 0.597. The van der Waals surface area contributed by atoms with Crippen molar-refractivity contribution in [3.05, 3.63) is 65.7 Å². The van der Waals surface area contributed by atoms with E-state index in [1.165, 1.54) is 10.8 Å². The third-order valence-electron chi connectivity index (χ3n) is 3.08. The summed E-state index contributed by atoms with van der Waals surface area (Å²) in [5.74, 6) is 0. The molecule has 0 aromatic heterocycles. The fourth-order valence-corrected chi connectivity index (χ4v) is 2.21. The Hall–Kier alpha value is -1.99. The second-order valence-corrected chi connectivity index (χ2v) is 4.71. The molecule has 1 nitrogen and oxygen atoms in total. The second-order valence-electron chi connectivity index (χ2n) is 4.30. The van der Waals surface area contributed by atoms with Gasteiger partial charge < -0.3 is 5.73 Å². The summed E-state index contributed by atoms with van der Waals surface area (Å²) in [6.45, 7) is 0. The number of halogens is 1. The van der Waals surface area contributed by atoms with Crippen LogP contribution in [0.3, 0.4) is 0 Å². The van der Waals surface area contributed by atoms with Crippen molar-refractivity contribution in [1.82, 2.24) is 0 Å². The largest absolute Gasteiger partial charge is 0.398 e. The van der Waals surface area contributed by atoms with Gasteiger partial charge in [-0.1, -0.05) is 54.1 Å². The first-order valence-electron chi connectivity index (χ1n) is 5.78. The number of fused-ring (bicyclic) bond motifs is 1. The van der Waals surface area contributed by atoms with E-state index in [9.17, 15) is 0 Å². The predicted octanol–water partition coefficient (Wildman–Crippen LogP) is 4.74. The van der Waals surface area contributed by atoms with Gasteiger partial charge in [0.25, 0.3) is 0 Å². The van der Waals surface area contributed by atoms with E-state index in [1.54, 1.807) is 0 Å². The minimum Gasteiger partial charge on any atom is -0.398 e. The Labute approximate surface area is 111 Å². The summed E-state index contributed by atoms with van der Waals surface area (Å²) < 4.78 is 0. The van der Waals surface area contributed by atoms with E-state index in [-0.39, 0.29) is 0 Å². The fraction of sp³-hybridized carbons (Fsp3) is 0. The lowest BCUT2D eigenvalue weighted by Gasteiger charge is -2.06. The molecule has 2 N–H and O–H groups in total. The maximum atomic E-state index is 5.94. The average molecular weight is 254 g/mol. The summed E-state index contributed by atoms with van der Waals surface area (Å²) in [5, 5.41) is 3.06. The lowest BCUT2D eigenvalue weighted by molar-refractivity contribution is 1.63. The molecule has 0 unspecified atom stereocenters. The summed E-state index contributed by atoms with van der Waals surface area (Å²) in [5.41, 5.74) is 8.69. The highest BCUT2D eigenvalue weighted by molar-refractivity contribution is 6.33. The molecule has 3 aromatic rings. The molecule has 3 aromatic carbocycles. The maximum Gasteiger partial charge on any atom is 0.0635 e. The average Bonchev–Trinajstić information content (AvgIpc) is 2.41. The Morgan fingerprint density at radius 2 is 1.39 bits per heavy atom. The number of hydrogen-bond donors (Lipinski definition) is 1. The highest BCUT2D eigenvalue weighted by Gasteiger charge is 2.02. The van der Waals surface area contributed by atoms with E-state index in [4.69, 9.17) is 17.3 Å². The predicted molar refractivity (Wildman–Crippen MR) is 78.8 cm³/mol. The van der Waals surface area contributed by atoms with E-state index in [0.717, 1.165) is 11.1 Å². The number of nitrogen functional groups attached to an aromatic ring is 1. The molecule has 0 spiro atoms. The molecule has 0 atom stereocenters. The van der Waals surface area contributed by atoms with Crippen LogP contribution < -0.4 is 5.73 Å². The highest BCUT2D eigenvalue weighted by atomic mass is 35.5. The highest BCUT2D eigenvalue weighted by Crippen LogP contribution is 2.28. The maximum absolute atomic E-state index is 5.94. The summed E-state index contributed by atoms with van der Waals surface area (Å²) in [7, 11) is 0. The normalized spacial score (nSPS) is 10.7. The van der Waals surface area contributed by atoms with E-state index in [1.807, 2.05) is 30.3 Å². The molecule has 0 amide bonds. The summed E-state index contributed by atoms with van der Waals surface area (Å²) in [4.78, 5) is 0. The summed E-state index contributed by atoms with van der Waals surface area (Å²) in [6.07, 6.45) is 0. The van der Waals surface area contributed by atoms with Crippen LogP contribution in [0.25, 0.3) is 21.9 Å². The van der Waals surface area contributed by atoms with E-state index in [0.29, 0.717) is 10.7 Å². The van der Waals surface area contributed by atoms with Crippen LogP contribution in [0.4, 0.5) is 5.69 Å². The first-order valence-corrected chi connectivity index (χ1v) is 6.16. The van der Waals surface area contributed by atoms with Crippen LogP contribution in [-0.4, -0.2) is 0 Å². The molecule has 88 valence electrons. The molecule has 0 heterocycles. The molecule has 0 saturated carbocycles. The summed E-state index contributed by atoms with van der Waals surface area (Å²) in [6, 6.07) is 20.4. The quantitative estimate of drug-likeness (QED) is 0.623. The Bertz CT molecular complexity index is 719. The number of anilines is 1. The number of rotatable bonds is 1. The van der Waals surface area contributed by atoms with Gasteiger partial charge in [0, 0.05) is 0 Å². The fourth-order valence-electron chi connectivity index (χ4n) is 2.09. The molecule has 0 radical (unpaired) electrons. The molecule has 0 aliphatic heterocycles. The van der Waals surface area contributed by atoms with E-state index < -0.39 is 0 Å². The Morgan fingerprint density at radius 3 is 2.17 bits per heavy atom. The van der Waals surface area contributed by atoms with Crippen molar-refractivity contribution >= 4 is 28.1 Å². The van der Waals surface area contributed by atoms with Crippen LogP contribution in [0, 0.1) is 0 Å². The zero-order valence-corrected chi connectivity index (χ0v) is 10.5. The lowest BCUT2D eigenvalue weighted by atomic mass is 10.0. The van der Waals surface area contributed by atoms with Crippen LogP contribution in [-0.2, 0) is 0 Å². The van der Waals surface area contributed by atoms with Gasteiger partial charge in [0.05, 0.1) is 10.7 Å². The molecule has 0 saturated heterocycles. The minimum atomic E-state index is 0.597. The molecule has 18 heavy (non-hydrogen) atoms. The molecule has 0 aliphatic carbocycles. The molecular weight excluding hydrogens is 242 g/mol. The van der Waals surface area contributed by atoms with E-state index >= 15 is 0 Å². The Morgan fingerprint density at radius 1 is 0.722 bits per heavy atom. The third kappa shape index (κ3) is 1.93. The van der Waals surface area contributed by atoms with Gasteiger partial charge in [0.15, 0.2) is 0 Å². The molecule has 3 rings (SSSR count). The van der Waals surface area contributed by atoms with Gasteiger partial charge >= 0.3 is 0 Å². The first kappa shape index (κ1) is 11.1. The molecule has 2 heteroatoms. The standard InChI is InChI=1S/C16H12ClN/c17-15-8-7-14(10-16(15)18)13-6-5-11-3-1-2-4-12(11)9-13/h1-10H,18H2. The molecule has 0 fully saturated rings. The smallest absolute Gasteiger partial charge is 0.0635 e. The third-order valence-corrected chi connectivity index (χ3v) is 3.42. The lowest BCUT2D eigenvalue weighted by Crippen LogP contribution is -1.87. The van der Waals surface area contributed by atoms with Gasteiger partial charge in [0.2, 0.25) is 0 Å². The summed E-state index contributed by atoms with van der Waals surface area (Å²) >= 11 is 5.94. The van der Waals surface area contributed by atoms with Crippen molar-refractivity contribution in [2.75, 3.05) is 5.73 Å². The Kier molecular flexibility index (Phi) is 2.69. The van der Waals surface area contributed by atoms with E-state index in [2.05, 4.69) is 30.3 Å². The van der Waals surface area contributed by atoms with Crippen LogP contribution in [0.2, 0.25) is 5.02 Å². The van der Waals surface area contributed by atoms with Crippen molar-refractivity contribution in [1.29, 1.82) is 0 Å². The number of benzene rings is 3. The van der Waals surface area contributed by atoms with Gasteiger partial charge in [0.1, 0.15) is 0 Å². The van der Waals surface area contributed by atoms with Crippen molar-refractivity contribution in [2.45, 2.75) is 0 Å². The monoisotopic (exact) mass is 253 g/mol. The zero-order valence-electron chi connectivity index (χ0n) is 9.73. The van der Waals surface area contributed by atoms with Crippen molar-refractivity contribution in [2.24, 2.45) is 0 Å². The van der Waals surface area contributed by atoms with Gasteiger partial charge in [-0.05, 0) is 40.1 Å². The van der Waals surface area contributed by atoms with Crippen LogP contribution in [0.15, 0.2) is 60.7 Å². The van der Waals surface area contributed by atoms with Gasteiger partial charge in [-0.25, -0.2) is 0 Å². The van der Waals surface area contributed by atoms with Crippen molar-refractivity contribution in [3.8, 4) is 11.1 Å². The molecule has 0 bridgehead atoms. The van der Waals surface area contributed by atoms with Crippen LogP contribution >= 0.6 is 11.6 Å². The topological polar surface area (TPSA) is 26.0 Å². The molecule has 0 aliphatic rings.